The van der Waals surface area contributed by atoms with Crippen LogP contribution in [0.2, 0.25) is 0 Å². The Hall–Kier alpha value is -2.41. The number of amides is 1. The van der Waals surface area contributed by atoms with E-state index in [0.717, 1.165) is 44.5 Å². The first-order valence-electron chi connectivity index (χ1n) is 8.72. The summed E-state index contributed by atoms with van der Waals surface area (Å²) < 4.78 is 5.29. The number of nitrogens with zero attached hydrogens (tertiary/aromatic N) is 2. The lowest BCUT2D eigenvalue weighted by molar-refractivity contribution is -0.385. The molecule has 0 radical (unpaired) electrons. The summed E-state index contributed by atoms with van der Waals surface area (Å²) in [4.78, 5) is 25.1. The Morgan fingerprint density at radius 3 is 2.80 bits per heavy atom. The van der Waals surface area contributed by atoms with Crippen molar-refractivity contribution >= 4 is 17.3 Å². The summed E-state index contributed by atoms with van der Waals surface area (Å²) in [7, 11) is 0. The summed E-state index contributed by atoms with van der Waals surface area (Å²) in [6.45, 7) is 3.49. The first-order valence-corrected chi connectivity index (χ1v) is 8.72. The van der Waals surface area contributed by atoms with Gasteiger partial charge in [0, 0.05) is 31.4 Å². The minimum absolute atomic E-state index is 0.130. The molecule has 7 nitrogen and oxygen atoms in total. The van der Waals surface area contributed by atoms with Gasteiger partial charge in [-0.2, -0.15) is 0 Å². The van der Waals surface area contributed by atoms with Crippen molar-refractivity contribution in [2.75, 3.05) is 38.2 Å². The Morgan fingerprint density at radius 1 is 1.32 bits per heavy atom. The second-order valence-corrected chi connectivity index (χ2v) is 6.35. The van der Waals surface area contributed by atoms with Gasteiger partial charge < -0.3 is 15.0 Å². The van der Waals surface area contributed by atoms with Crippen LogP contribution in [0.4, 0.5) is 11.4 Å². The van der Waals surface area contributed by atoms with Crippen molar-refractivity contribution in [3.63, 3.8) is 0 Å². The van der Waals surface area contributed by atoms with Gasteiger partial charge in [0.15, 0.2) is 0 Å². The van der Waals surface area contributed by atoms with Crippen LogP contribution in [-0.2, 0) is 4.74 Å². The zero-order valence-corrected chi connectivity index (χ0v) is 14.2. The summed E-state index contributed by atoms with van der Waals surface area (Å²) >= 11 is 0. The van der Waals surface area contributed by atoms with Crippen LogP contribution in [0.25, 0.3) is 0 Å². The average molecular weight is 345 g/mol. The Balaban J connectivity index is 1.69. The number of nitro benzene ring substituents is 1. The zero-order chi connectivity index (χ0) is 17.6. The topological polar surface area (TPSA) is 84.7 Å². The van der Waals surface area contributed by atoms with E-state index < -0.39 is 4.92 Å². The number of hydrogen-bond acceptors (Lipinski definition) is 5. The van der Waals surface area contributed by atoms with Crippen molar-refractivity contribution in [2.45, 2.75) is 25.7 Å². The standard InChI is InChI=1S/C18H23N3O4/c22-18(20-9-1-2-10-20)16-13-15(3-4-17(16)21(23)24)19-8-5-14-6-11-25-12-7-14/h3-4,6,13,19H,1-2,5,7-12H2. The van der Waals surface area contributed by atoms with Gasteiger partial charge in [0.2, 0.25) is 0 Å². The Bertz CT molecular complexity index is 681. The molecule has 1 N–H and O–H groups in total. The number of carbonyl (C=O) groups is 1. The van der Waals surface area contributed by atoms with Crippen LogP contribution >= 0.6 is 0 Å². The van der Waals surface area contributed by atoms with E-state index in [-0.39, 0.29) is 17.2 Å². The average Bonchev–Trinajstić information content (AvgIpc) is 3.16. The molecular formula is C18H23N3O4. The molecule has 25 heavy (non-hydrogen) atoms. The molecule has 0 aromatic heterocycles. The van der Waals surface area contributed by atoms with E-state index in [1.165, 1.54) is 11.6 Å². The molecule has 1 aromatic rings. The Kier molecular flexibility index (Phi) is 5.65. The van der Waals surface area contributed by atoms with Crippen molar-refractivity contribution in [1.29, 1.82) is 0 Å². The highest BCUT2D eigenvalue weighted by atomic mass is 16.6. The normalized spacial score (nSPS) is 17.3. The lowest BCUT2D eigenvalue weighted by Gasteiger charge is -2.17. The van der Waals surface area contributed by atoms with Crippen molar-refractivity contribution in [1.82, 2.24) is 4.90 Å². The van der Waals surface area contributed by atoms with Gasteiger partial charge in [-0.1, -0.05) is 11.6 Å². The quantitative estimate of drug-likeness (QED) is 0.487. The third-order valence-electron chi connectivity index (χ3n) is 4.65. The predicted octanol–water partition coefficient (Wildman–Crippen LogP) is 2.98. The second kappa shape index (κ2) is 8.11. The van der Waals surface area contributed by atoms with E-state index in [1.807, 2.05) is 0 Å². The predicted molar refractivity (Wildman–Crippen MR) is 94.9 cm³/mol. The monoisotopic (exact) mass is 345 g/mol. The number of nitrogens with one attached hydrogen (secondary N) is 1. The molecule has 1 aromatic carbocycles. The number of nitro groups is 1. The van der Waals surface area contributed by atoms with E-state index in [2.05, 4.69) is 11.4 Å². The molecule has 0 spiro atoms. The molecule has 134 valence electrons. The van der Waals surface area contributed by atoms with Crippen LogP contribution in [0.1, 0.15) is 36.0 Å². The van der Waals surface area contributed by atoms with Gasteiger partial charge in [0.25, 0.3) is 11.6 Å². The number of benzene rings is 1. The highest BCUT2D eigenvalue weighted by Gasteiger charge is 2.26. The molecule has 1 amide bonds. The van der Waals surface area contributed by atoms with Crippen molar-refractivity contribution < 1.29 is 14.5 Å². The number of carbonyl (C=O) groups excluding carboxylic acids is 1. The highest BCUT2D eigenvalue weighted by Crippen LogP contribution is 2.26. The summed E-state index contributed by atoms with van der Waals surface area (Å²) in [5.74, 6) is -0.250. The fraction of sp³-hybridized carbons (Fsp3) is 0.500. The fourth-order valence-corrected chi connectivity index (χ4v) is 3.23. The van der Waals surface area contributed by atoms with E-state index in [9.17, 15) is 14.9 Å². The number of ether oxygens (including phenoxy) is 1. The molecule has 0 saturated carbocycles. The Morgan fingerprint density at radius 2 is 2.12 bits per heavy atom. The van der Waals surface area contributed by atoms with Gasteiger partial charge in [-0.15, -0.1) is 0 Å². The number of hydrogen-bond donors (Lipinski definition) is 1. The van der Waals surface area contributed by atoms with Crippen LogP contribution < -0.4 is 5.32 Å². The van der Waals surface area contributed by atoms with Crippen LogP contribution in [0.5, 0.6) is 0 Å². The van der Waals surface area contributed by atoms with Gasteiger partial charge in [-0.05, 0) is 37.8 Å². The minimum atomic E-state index is -0.486. The SMILES string of the molecule is O=C(c1cc(NCCC2=CCOCC2)ccc1[N+](=O)[O-])N1CCCC1. The molecule has 2 aliphatic heterocycles. The maximum absolute atomic E-state index is 12.6. The number of rotatable bonds is 6. The van der Waals surface area contributed by atoms with Gasteiger partial charge in [0.05, 0.1) is 18.1 Å². The third-order valence-corrected chi connectivity index (χ3v) is 4.65. The molecule has 1 saturated heterocycles. The van der Waals surface area contributed by atoms with E-state index in [0.29, 0.717) is 19.7 Å². The molecule has 1 fully saturated rings. The van der Waals surface area contributed by atoms with Gasteiger partial charge >= 0.3 is 0 Å². The summed E-state index contributed by atoms with van der Waals surface area (Å²) in [6, 6.07) is 4.69. The van der Waals surface area contributed by atoms with E-state index in [1.54, 1.807) is 17.0 Å². The van der Waals surface area contributed by atoms with Crippen molar-refractivity contribution in [2.24, 2.45) is 0 Å². The van der Waals surface area contributed by atoms with Crippen LogP contribution in [0.3, 0.4) is 0 Å². The molecule has 0 bridgehead atoms. The lowest BCUT2D eigenvalue weighted by atomic mass is 10.1. The fourth-order valence-electron chi connectivity index (χ4n) is 3.23. The maximum atomic E-state index is 12.6. The van der Waals surface area contributed by atoms with Crippen LogP contribution in [0.15, 0.2) is 29.8 Å². The molecule has 0 aliphatic carbocycles. The van der Waals surface area contributed by atoms with Gasteiger partial charge in [0.1, 0.15) is 5.56 Å². The second-order valence-electron chi connectivity index (χ2n) is 6.35. The van der Waals surface area contributed by atoms with Crippen LogP contribution in [-0.4, -0.2) is 48.6 Å². The summed E-state index contributed by atoms with van der Waals surface area (Å²) in [6.07, 6.45) is 5.85. The van der Waals surface area contributed by atoms with Gasteiger partial charge in [-0.3, -0.25) is 14.9 Å². The molecule has 0 atom stereocenters. The smallest absolute Gasteiger partial charge is 0.282 e. The number of likely N-dealkylation sites (tertiary alicyclic amines) is 1. The molecule has 2 aliphatic rings. The summed E-state index contributed by atoms with van der Waals surface area (Å²) in [5.41, 5.74) is 2.13. The largest absolute Gasteiger partial charge is 0.385 e. The molecular weight excluding hydrogens is 322 g/mol. The first kappa shape index (κ1) is 17.4. The van der Waals surface area contributed by atoms with Crippen LogP contribution in [0, 0.1) is 10.1 Å². The van der Waals surface area contributed by atoms with Gasteiger partial charge in [-0.25, -0.2) is 0 Å². The molecule has 2 heterocycles. The van der Waals surface area contributed by atoms with Crippen molar-refractivity contribution in [3.05, 3.63) is 45.5 Å². The molecule has 3 rings (SSSR count). The highest BCUT2D eigenvalue weighted by molar-refractivity contribution is 5.99. The number of anilines is 1. The lowest BCUT2D eigenvalue weighted by Crippen LogP contribution is -2.28. The minimum Gasteiger partial charge on any atom is -0.385 e. The molecule has 7 heteroatoms. The van der Waals surface area contributed by atoms with E-state index in [4.69, 9.17) is 4.74 Å². The zero-order valence-electron chi connectivity index (χ0n) is 14.2. The Labute approximate surface area is 146 Å². The van der Waals surface area contributed by atoms with E-state index >= 15 is 0 Å². The first-order chi connectivity index (χ1) is 12.1. The summed E-state index contributed by atoms with van der Waals surface area (Å²) in [5, 5.41) is 14.5. The maximum Gasteiger partial charge on any atom is 0.282 e. The molecule has 0 unspecified atom stereocenters. The van der Waals surface area contributed by atoms with Crippen molar-refractivity contribution in [3.8, 4) is 0 Å². The third kappa shape index (κ3) is 4.36.